The molecule has 4 rings (SSSR count). The zero-order valence-corrected chi connectivity index (χ0v) is 19.0. The van der Waals surface area contributed by atoms with E-state index in [9.17, 15) is 9.59 Å². The molecule has 1 aromatic heterocycles. The number of piperidine rings is 1. The van der Waals surface area contributed by atoms with Gasteiger partial charge in [-0.1, -0.05) is 24.6 Å². The molecule has 160 valence electrons. The Kier molecular flexibility index (Phi) is 6.25. The van der Waals surface area contributed by atoms with Gasteiger partial charge in [-0.25, -0.2) is 0 Å². The molecular weight excluding hydrogens is 394 g/mol. The number of nitrogens with one attached hydrogen (secondary N) is 2. The molecule has 30 heavy (non-hydrogen) atoms. The van der Waals surface area contributed by atoms with Gasteiger partial charge >= 0.3 is 0 Å². The molecule has 1 aliphatic carbocycles. The number of amides is 2. The third-order valence-corrected chi connectivity index (χ3v) is 7.35. The van der Waals surface area contributed by atoms with Crippen LogP contribution in [-0.4, -0.2) is 36.3 Å². The van der Waals surface area contributed by atoms with Crippen molar-refractivity contribution in [3.05, 3.63) is 45.3 Å². The molecule has 0 radical (unpaired) electrons. The first kappa shape index (κ1) is 21.1. The van der Waals surface area contributed by atoms with Crippen molar-refractivity contribution in [1.29, 1.82) is 0 Å². The number of anilines is 2. The summed E-state index contributed by atoms with van der Waals surface area (Å²) >= 11 is 1.57. The van der Waals surface area contributed by atoms with Crippen LogP contribution in [0.5, 0.6) is 0 Å². The summed E-state index contributed by atoms with van der Waals surface area (Å²) in [6.45, 7) is 8.62. The highest BCUT2D eigenvalue weighted by Gasteiger charge is 2.28. The Morgan fingerprint density at radius 3 is 2.77 bits per heavy atom. The molecule has 0 spiro atoms. The number of hydrogen-bond donors (Lipinski definition) is 2. The van der Waals surface area contributed by atoms with E-state index in [1.54, 1.807) is 11.3 Å². The lowest BCUT2D eigenvalue weighted by Gasteiger charge is -2.30. The van der Waals surface area contributed by atoms with Crippen LogP contribution in [0.3, 0.4) is 0 Å². The molecule has 1 aliphatic heterocycles. The van der Waals surface area contributed by atoms with Crippen molar-refractivity contribution in [2.75, 3.05) is 30.3 Å². The zero-order chi connectivity index (χ0) is 21.3. The van der Waals surface area contributed by atoms with Gasteiger partial charge in [0.1, 0.15) is 5.00 Å². The molecule has 0 bridgehead atoms. The Morgan fingerprint density at radius 1 is 1.17 bits per heavy atom. The number of nitrogens with zero attached hydrogens (tertiary/aromatic N) is 1. The number of likely N-dealkylation sites (tertiary alicyclic amines) is 1. The van der Waals surface area contributed by atoms with Crippen LogP contribution in [0.2, 0.25) is 0 Å². The Bertz CT molecular complexity index is 966. The van der Waals surface area contributed by atoms with Crippen molar-refractivity contribution in [2.24, 2.45) is 5.92 Å². The second-order valence-corrected chi connectivity index (χ2v) is 9.97. The Balaban J connectivity index is 1.51. The second-order valence-electron chi connectivity index (χ2n) is 8.86. The molecule has 2 amide bonds. The lowest BCUT2D eigenvalue weighted by atomic mass is 10.0. The summed E-state index contributed by atoms with van der Waals surface area (Å²) in [6.07, 6.45) is 5.35. The number of rotatable bonds is 5. The maximum Gasteiger partial charge on any atom is 0.258 e. The van der Waals surface area contributed by atoms with E-state index in [0.29, 0.717) is 23.0 Å². The predicted octanol–water partition coefficient (Wildman–Crippen LogP) is 4.78. The minimum absolute atomic E-state index is 0.0235. The molecule has 2 heterocycles. The minimum Gasteiger partial charge on any atom is -0.322 e. The molecule has 2 N–H and O–H groups in total. The lowest BCUT2D eigenvalue weighted by Crippen LogP contribution is -2.39. The van der Waals surface area contributed by atoms with Crippen molar-refractivity contribution in [2.45, 2.75) is 52.9 Å². The van der Waals surface area contributed by atoms with Crippen LogP contribution in [0.15, 0.2) is 18.2 Å². The first-order valence-corrected chi connectivity index (χ1v) is 11.8. The molecule has 6 heteroatoms. The maximum absolute atomic E-state index is 13.2. The highest BCUT2D eigenvalue weighted by atomic mass is 32.1. The summed E-state index contributed by atoms with van der Waals surface area (Å²) < 4.78 is 0. The number of benzene rings is 1. The summed E-state index contributed by atoms with van der Waals surface area (Å²) in [5.74, 6) is 0.490. The van der Waals surface area contributed by atoms with E-state index < -0.39 is 0 Å². The van der Waals surface area contributed by atoms with E-state index in [1.165, 1.54) is 16.9 Å². The summed E-state index contributed by atoms with van der Waals surface area (Å²) in [5.41, 5.74) is 4.81. The largest absolute Gasteiger partial charge is 0.322 e. The van der Waals surface area contributed by atoms with Gasteiger partial charge in [-0.3, -0.25) is 14.5 Å². The fourth-order valence-electron chi connectivity index (χ4n) is 4.67. The highest BCUT2D eigenvalue weighted by molar-refractivity contribution is 7.17. The quantitative estimate of drug-likeness (QED) is 0.725. The van der Waals surface area contributed by atoms with E-state index in [2.05, 4.69) is 28.5 Å². The second kappa shape index (κ2) is 8.90. The number of fused-ring (bicyclic) bond motifs is 1. The van der Waals surface area contributed by atoms with Gasteiger partial charge in [0.05, 0.1) is 12.1 Å². The number of aryl methyl sites for hydroxylation is 3. The van der Waals surface area contributed by atoms with Crippen LogP contribution in [0.25, 0.3) is 0 Å². The summed E-state index contributed by atoms with van der Waals surface area (Å²) in [7, 11) is 0. The number of thiophene rings is 1. The molecule has 5 nitrogen and oxygen atoms in total. The summed E-state index contributed by atoms with van der Waals surface area (Å²) in [4.78, 5) is 29.5. The fourth-order valence-corrected chi connectivity index (χ4v) is 5.97. The monoisotopic (exact) mass is 425 g/mol. The molecular formula is C24H31N3O2S. The van der Waals surface area contributed by atoms with Crippen LogP contribution < -0.4 is 10.6 Å². The van der Waals surface area contributed by atoms with Gasteiger partial charge in [0.2, 0.25) is 5.91 Å². The lowest BCUT2D eigenvalue weighted by molar-refractivity contribution is -0.117. The summed E-state index contributed by atoms with van der Waals surface area (Å²) in [6, 6.07) is 6.02. The van der Waals surface area contributed by atoms with Crippen molar-refractivity contribution >= 4 is 33.8 Å². The van der Waals surface area contributed by atoms with Crippen molar-refractivity contribution < 1.29 is 9.59 Å². The van der Waals surface area contributed by atoms with Gasteiger partial charge in [0, 0.05) is 17.1 Å². The molecule has 1 fully saturated rings. The van der Waals surface area contributed by atoms with E-state index >= 15 is 0 Å². The van der Waals surface area contributed by atoms with Crippen LogP contribution in [0.1, 0.15) is 58.1 Å². The number of carbonyl (C=O) groups is 2. The topological polar surface area (TPSA) is 61.4 Å². The molecule has 2 aromatic rings. The fraction of sp³-hybridized carbons (Fsp3) is 0.500. The van der Waals surface area contributed by atoms with Crippen LogP contribution in [0, 0.1) is 19.8 Å². The van der Waals surface area contributed by atoms with E-state index in [1.807, 2.05) is 26.0 Å². The predicted molar refractivity (Wildman–Crippen MR) is 124 cm³/mol. The SMILES string of the molecule is Cc1ccc(NC(=O)c2c(NC(=O)CN3CCCC(C)C3)sc3c2CCC3)c(C)c1. The molecule has 1 atom stereocenters. The maximum atomic E-state index is 13.2. The van der Waals surface area contributed by atoms with Gasteiger partial charge in [0.15, 0.2) is 0 Å². The van der Waals surface area contributed by atoms with Crippen LogP contribution >= 0.6 is 11.3 Å². The van der Waals surface area contributed by atoms with Crippen LogP contribution in [0.4, 0.5) is 10.7 Å². The highest BCUT2D eigenvalue weighted by Crippen LogP contribution is 2.39. The minimum atomic E-state index is -0.122. The van der Waals surface area contributed by atoms with Crippen molar-refractivity contribution in [3.8, 4) is 0 Å². The molecule has 1 aromatic carbocycles. The first-order chi connectivity index (χ1) is 14.4. The molecule has 2 aliphatic rings. The Labute approximate surface area is 182 Å². The zero-order valence-electron chi connectivity index (χ0n) is 18.1. The van der Waals surface area contributed by atoms with Gasteiger partial charge in [-0.15, -0.1) is 11.3 Å². The third-order valence-electron chi connectivity index (χ3n) is 6.14. The molecule has 1 saturated heterocycles. The van der Waals surface area contributed by atoms with Crippen molar-refractivity contribution in [1.82, 2.24) is 4.90 Å². The van der Waals surface area contributed by atoms with Gasteiger partial charge in [-0.2, -0.15) is 0 Å². The normalized spacial score (nSPS) is 18.8. The van der Waals surface area contributed by atoms with Gasteiger partial charge < -0.3 is 10.6 Å². The van der Waals surface area contributed by atoms with Gasteiger partial charge in [0.25, 0.3) is 5.91 Å². The van der Waals surface area contributed by atoms with Gasteiger partial charge in [-0.05, 0) is 75.6 Å². The average molecular weight is 426 g/mol. The Morgan fingerprint density at radius 2 is 2.00 bits per heavy atom. The average Bonchev–Trinajstić information content (AvgIpc) is 3.24. The summed E-state index contributed by atoms with van der Waals surface area (Å²) in [5, 5.41) is 6.85. The van der Waals surface area contributed by atoms with E-state index in [0.717, 1.165) is 55.6 Å². The third kappa shape index (κ3) is 4.60. The standard InChI is InChI=1S/C24H31N3O2S/c1-15-9-10-19(17(3)12-15)25-23(29)22-18-7-4-8-20(18)30-24(22)26-21(28)14-27-11-5-6-16(2)13-27/h9-10,12,16H,4-8,11,13-14H2,1-3H3,(H,25,29)(H,26,28). The molecule has 1 unspecified atom stereocenters. The smallest absolute Gasteiger partial charge is 0.258 e. The van der Waals surface area contributed by atoms with E-state index in [-0.39, 0.29) is 11.8 Å². The Hall–Kier alpha value is -2.18. The molecule has 0 saturated carbocycles. The van der Waals surface area contributed by atoms with Crippen LogP contribution in [-0.2, 0) is 17.6 Å². The van der Waals surface area contributed by atoms with E-state index in [4.69, 9.17) is 0 Å². The first-order valence-electron chi connectivity index (χ1n) is 11.0. The number of carbonyl (C=O) groups excluding carboxylic acids is 2. The number of hydrogen-bond acceptors (Lipinski definition) is 4. The van der Waals surface area contributed by atoms with Crippen molar-refractivity contribution in [3.63, 3.8) is 0 Å².